The number of ether oxygens (including phenoxy) is 1. The van der Waals surface area contributed by atoms with Gasteiger partial charge in [0, 0.05) is 31.7 Å². The predicted octanol–water partition coefficient (Wildman–Crippen LogP) is 3.90. The molecular weight excluding hydrogens is 418 g/mol. The van der Waals surface area contributed by atoms with E-state index in [0.29, 0.717) is 43.1 Å². The molecule has 1 saturated heterocycles. The van der Waals surface area contributed by atoms with Gasteiger partial charge in [-0.15, -0.1) is 0 Å². The molecule has 2 heterocycles. The van der Waals surface area contributed by atoms with Crippen molar-refractivity contribution in [1.29, 1.82) is 0 Å². The van der Waals surface area contributed by atoms with Crippen LogP contribution in [0.5, 0.6) is 0 Å². The predicted molar refractivity (Wildman–Crippen MR) is 113 cm³/mol. The first-order valence-corrected chi connectivity index (χ1v) is 10.2. The summed E-state index contributed by atoms with van der Waals surface area (Å²) < 4.78 is 37.1. The van der Waals surface area contributed by atoms with Crippen molar-refractivity contribution < 1.29 is 27.5 Å². The van der Waals surface area contributed by atoms with E-state index in [4.69, 9.17) is 9.15 Å². The highest BCUT2D eigenvalue weighted by molar-refractivity contribution is 5.92. The van der Waals surface area contributed by atoms with Gasteiger partial charge in [0.2, 0.25) is 0 Å². The minimum Gasteiger partial charge on any atom is -0.468 e. The highest BCUT2D eigenvalue weighted by atomic mass is 19.1. The normalized spacial score (nSPS) is 15.4. The van der Waals surface area contributed by atoms with Crippen molar-refractivity contribution in [1.82, 2.24) is 9.80 Å². The summed E-state index contributed by atoms with van der Waals surface area (Å²) in [4.78, 5) is 28.9. The molecule has 1 amide bonds. The van der Waals surface area contributed by atoms with Crippen LogP contribution < -0.4 is 0 Å². The van der Waals surface area contributed by atoms with Crippen molar-refractivity contribution in [3.8, 4) is 11.3 Å². The van der Waals surface area contributed by atoms with Crippen LogP contribution in [-0.4, -0.2) is 55.0 Å². The molecule has 1 atom stereocenters. The van der Waals surface area contributed by atoms with Crippen molar-refractivity contribution in [3.05, 3.63) is 83.6 Å². The first-order valence-electron chi connectivity index (χ1n) is 10.2. The number of nitrogens with zero attached hydrogens (tertiary/aromatic N) is 2. The number of furan rings is 1. The maximum absolute atomic E-state index is 13.3. The Morgan fingerprint density at radius 1 is 0.875 bits per heavy atom. The Bertz CT molecular complexity index is 1090. The summed E-state index contributed by atoms with van der Waals surface area (Å²) >= 11 is 0. The topological polar surface area (TPSA) is 63.0 Å². The molecule has 1 aliphatic heterocycles. The minimum atomic E-state index is -0.674. The molecule has 0 aliphatic carbocycles. The second-order valence-corrected chi connectivity index (χ2v) is 7.48. The lowest BCUT2D eigenvalue weighted by Gasteiger charge is -2.38. The molecule has 0 unspecified atom stereocenters. The molecule has 8 heteroatoms. The number of carbonyl (C=O) groups excluding carboxylic acids is 2. The van der Waals surface area contributed by atoms with Crippen molar-refractivity contribution in [2.45, 2.75) is 6.04 Å². The lowest BCUT2D eigenvalue weighted by atomic mass is 10.0. The van der Waals surface area contributed by atoms with Crippen LogP contribution in [0.1, 0.15) is 22.2 Å². The third-order valence-corrected chi connectivity index (χ3v) is 5.52. The number of esters is 1. The molecule has 6 nitrogen and oxygen atoms in total. The van der Waals surface area contributed by atoms with E-state index in [1.54, 1.807) is 41.3 Å². The molecule has 32 heavy (non-hydrogen) atoms. The first-order chi connectivity index (χ1) is 15.5. The minimum absolute atomic E-state index is 0.195. The molecule has 0 saturated carbocycles. The molecule has 0 spiro atoms. The highest BCUT2D eigenvalue weighted by Crippen LogP contribution is 2.26. The van der Waals surface area contributed by atoms with Gasteiger partial charge in [0.05, 0.1) is 7.11 Å². The van der Waals surface area contributed by atoms with Crippen molar-refractivity contribution in [2.24, 2.45) is 0 Å². The Balaban J connectivity index is 1.43. The maximum Gasteiger partial charge on any atom is 0.327 e. The van der Waals surface area contributed by atoms with Gasteiger partial charge >= 0.3 is 5.97 Å². The van der Waals surface area contributed by atoms with Gasteiger partial charge in [-0.1, -0.05) is 12.1 Å². The number of halogens is 2. The van der Waals surface area contributed by atoms with E-state index in [0.717, 1.165) is 0 Å². The molecule has 1 fully saturated rings. The second-order valence-electron chi connectivity index (χ2n) is 7.48. The number of carbonyl (C=O) groups is 2. The monoisotopic (exact) mass is 440 g/mol. The average molecular weight is 440 g/mol. The Hall–Kier alpha value is -3.52. The fourth-order valence-electron chi connectivity index (χ4n) is 3.81. The molecule has 0 radical (unpaired) electrons. The summed E-state index contributed by atoms with van der Waals surface area (Å²) in [5, 5.41) is 0. The lowest BCUT2D eigenvalue weighted by molar-refractivity contribution is -0.148. The number of amides is 1. The van der Waals surface area contributed by atoms with Crippen LogP contribution in [0, 0.1) is 11.6 Å². The van der Waals surface area contributed by atoms with Gasteiger partial charge in [-0.25, -0.2) is 13.6 Å². The van der Waals surface area contributed by atoms with Crippen molar-refractivity contribution in [2.75, 3.05) is 33.3 Å². The van der Waals surface area contributed by atoms with E-state index in [9.17, 15) is 18.4 Å². The molecular formula is C24H22F2N2O4. The zero-order chi connectivity index (χ0) is 22.7. The van der Waals surface area contributed by atoms with Gasteiger partial charge in [0.15, 0.2) is 5.76 Å². The summed E-state index contributed by atoms with van der Waals surface area (Å²) in [5.41, 5.74) is 1.31. The summed E-state index contributed by atoms with van der Waals surface area (Å²) in [6, 6.07) is 14.2. The standard InChI is InChI=1S/C24H22F2N2O4/c1-31-24(30)22(17-4-8-19(26)9-5-17)27-12-14-28(15-13-27)23(29)21-11-10-20(32-21)16-2-6-18(25)7-3-16/h2-11,22H,12-15H2,1H3/t22-/m1/s1. The Kier molecular flexibility index (Phi) is 6.32. The number of rotatable bonds is 5. The van der Waals surface area contributed by atoms with Crippen LogP contribution in [0.3, 0.4) is 0 Å². The SMILES string of the molecule is COC(=O)[C@@H](c1ccc(F)cc1)N1CCN(C(=O)c2ccc(-c3ccc(F)cc3)o2)CC1. The number of piperazine rings is 1. The molecule has 2 aromatic carbocycles. The van der Waals surface area contributed by atoms with E-state index < -0.39 is 12.0 Å². The van der Waals surface area contributed by atoms with E-state index in [2.05, 4.69) is 0 Å². The van der Waals surface area contributed by atoms with E-state index >= 15 is 0 Å². The van der Waals surface area contributed by atoms with Crippen LogP contribution in [0.15, 0.2) is 65.1 Å². The zero-order valence-corrected chi connectivity index (χ0v) is 17.5. The Morgan fingerprint density at radius 3 is 2.06 bits per heavy atom. The van der Waals surface area contributed by atoms with Crippen LogP contribution in [-0.2, 0) is 9.53 Å². The fourth-order valence-corrected chi connectivity index (χ4v) is 3.81. The van der Waals surface area contributed by atoms with E-state index in [1.807, 2.05) is 4.90 Å². The average Bonchev–Trinajstić information content (AvgIpc) is 3.31. The number of hydrogen-bond donors (Lipinski definition) is 0. The Morgan fingerprint density at radius 2 is 1.47 bits per heavy atom. The summed E-state index contributed by atoms with van der Waals surface area (Å²) in [7, 11) is 1.31. The fraction of sp³-hybridized carbons (Fsp3) is 0.250. The van der Waals surface area contributed by atoms with Crippen LogP contribution >= 0.6 is 0 Å². The number of benzene rings is 2. The van der Waals surface area contributed by atoms with Crippen molar-refractivity contribution in [3.63, 3.8) is 0 Å². The lowest BCUT2D eigenvalue weighted by Crippen LogP contribution is -2.51. The Labute approximate surface area is 184 Å². The summed E-state index contributed by atoms with van der Waals surface area (Å²) in [6.45, 7) is 1.66. The van der Waals surface area contributed by atoms with Gasteiger partial charge in [-0.2, -0.15) is 0 Å². The zero-order valence-electron chi connectivity index (χ0n) is 17.5. The summed E-state index contributed by atoms with van der Waals surface area (Å²) in [5.74, 6) is -0.748. The molecule has 4 rings (SSSR count). The first kappa shape index (κ1) is 21.7. The molecule has 0 N–H and O–H groups in total. The van der Waals surface area contributed by atoms with Crippen molar-refractivity contribution >= 4 is 11.9 Å². The molecule has 166 valence electrons. The highest BCUT2D eigenvalue weighted by Gasteiger charge is 2.33. The smallest absolute Gasteiger partial charge is 0.327 e. The van der Waals surface area contributed by atoms with Gasteiger partial charge in [0.1, 0.15) is 23.4 Å². The van der Waals surface area contributed by atoms with Crippen LogP contribution in [0.25, 0.3) is 11.3 Å². The van der Waals surface area contributed by atoms with E-state index in [1.165, 1.54) is 31.4 Å². The quantitative estimate of drug-likeness (QED) is 0.564. The van der Waals surface area contributed by atoms with Crippen LogP contribution in [0.4, 0.5) is 8.78 Å². The van der Waals surface area contributed by atoms with E-state index in [-0.39, 0.29) is 23.3 Å². The van der Waals surface area contributed by atoms with Crippen LogP contribution in [0.2, 0.25) is 0 Å². The molecule has 0 bridgehead atoms. The van der Waals surface area contributed by atoms with Gasteiger partial charge in [-0.05, 0) is 54.1 Å². The molecule has 1 aromatic heterocycles. The van der Waals surface area contributed by atoms with Gasteiger partial charge in [0.25, 0.3) is 5.91 Å². The van der Waals surface area contributed by atoms with Gasteiger partial charge in [-0.3, -0.25) is 9.69 Å². The maximum atomic E-state index is 13.3. The third-order valence-electron chi connectivity index (χ3n) is 5.52. The summed E-state index contributed by atoms with van der Waals surface area (Å²) in [6.07, 6.45) is 0. The molecule has 1 aliphatic rings. The third kappa shape index (κ3) is 4.55. The second kappa shape index (κ2) is 9.32. The van der Waals surface area contributed by atoms with Gasteiger partial charge < -0.3 is 14.1 Å². The molecule has 3 aromatic rings. The number of methoxy groups -OCH3 is 1. The largest absolute Gasteiger partial charge is 0.468 e. The number of hydrogen-bond acceptors (Lipinski definition) is 5.